The summed E-state index contributed by atoms with van der Waals surface area (Å²) in [4.78, 5) is 26.2. The van der Waals surface area contributed by atoms with E-state index in [4.69, 9.17) is 46.4 Å². The van der Waals surface area contributed by atoms with Crippen molar-refractivity contribution in [2.75, 3.05) is 0 Å². The van der Waals surface area contributed by atoms with E-state index < -0.39 is 11.1 Å². The average molecular weight is 433 g/mol. The number of carbonyl (C=O) groups is 2. The minimum atomic E-state index is -0.429. The van der Waals surface area contributed by atoms with Crippen LogP contribution in [-0.2, 0) is 11.3 Å². The Hall–Kier alpha value is -1.17. The second kappa shape index (κ2) is 7.60. The molecule has 128 valence electrons. The van der Waals surface area contributed by atoms with Gasteiger partial charge < -0.3 is 0 Å². The molecule has 0 radical (unpaired) electrons. The fourth-order valence-corrected chi connectivity index (χ4v) is 3.96. The first-order valence-corrected chi connectivity index (χ1v) is 9.33. The third-order valence-corrected chi connectivity index (χ3v) is 5.97. The van der Waals surface area contributed by atoms with Gasteiger partial charge in [0.1, 0.15) is 0 Å². The number of thioether (sulfide) groups is 1. The van der Waals surface area contributed by atoms with Gasteiger partial charge in [0.2, 0.25) is 0 Å². The SMILES string of the molecule is O=C1S/C(=C\c2cccc(Cl)c2Cl)C(=O)N1Cc1c(Cl)cccc1Cl. The monoisotopic (exact) mass is 431 g/mol. The Morgan fingerprint density at radius 1 is 0.920 bits per heavy atom. The van der Waals surface area contributed by atoms with E-state index in [0.29, 0.717) is 31.2 Å². The standard InChI is InChI=1S/C17H9Cl4NO2S/c18-11-4-2-5-12(19)10(11)8-22-16(23)14(25-17(22)24)7-9-3-1-6-13(20)15(9)21/h1-7H,8H2/b14-7-. The maximum absolute atomic E-state index is 12.6. The Morgan fingerprint density at radius 2 is 1.52 bits per heavy atom. The lowest BCUT2D eigenvalue weighted by atomic mass is 10.2. The third-order valence-electron chi connectivity index (χ3n) is 3.52. The first kappa shape index (κ1) is 18.6. The Bertz CT molecular complexity index is 893. The highest BCUT2D eigenvalue weighted by atomic mass is 35.5. The van der Waals surface area contributed by atoms with Crippen LogP contribution in [0.25, 0.3) is 6.08 Å². The minimum Gasteiger partial charge on any atom is -0.268 e. The van der Waals surface area contributed by atoms with Crippen LogP contribution < -0.4 is 0 Å². The van der Waals surface area contributed by atoms with Crippen LogP contribution in [0.2, 0.25) is 20.1 Å². The van der Waals surface area contributed by atoms with Crippen molar-refractivity contribution in [3.05, 3.63) is 72.5 Å². The summed E-state index contributed by atoms with van der Waals surface area (Å²) in [6.07, 6.45) is 1.55. The van der Waals surface area contributed by atoms with Gasteiger partial charge >= 0.3 is 0 Å². The van der Waals surface area contributed by atoms with Crippen LogP contribution in [-0.4, -0.2) is 16.0 Å². The van der Waals surface area contributed by atoms with E-state index in [9.17, 15) is 9.59 Å². The zero-order valence-electron chi connectivity index (χ0n) is 12.4. The number of carbonyl (C=O) groups excluding carboxylic acids is 2. The van der Waals surface area contributed by atoms with Crippen molar-refractivity contribution in [1.29, 1.82) is 0 Å². The Balaban J connectivity index is 1.90. The van der Waals surface area contributed by atoms with Crippen molar-refractivity contribution in [2.24, 2.45) is 0 Å². The highest BCUT2D eigenvalue weighted by Crippen LogP contribution is 2.37. The number of benzene rings is 2. The molecule has 0 aliphatic carbocycles. The molecule has 8 heteroatoms. The molecule has 0 atom stereocenters. The van der Waals surface area contributed by atoms with Gasteiger partial charge in [0, 0.05) is 15.6 Å². The molecule has 0 spiro atoms. The Kier molecular flexibility index (Phi) is 5.66. The van der Waals surface area contributed by atoms with Crippen molar-refractivity contribution < 1.29 is 9.59 Å². The molecule has 25 heavy (non-hydrogen) atoms. The summed E-state index contributed by atoms with van der Waals surface area (Å²) in [5.74, 6) is -0.429. The molecular formula is C17H9Cl4NO2S. The highest BCUT2D eigenvalue weighted by molar-refractivity contribution is 8.18. The molecular weight excluding hydrogens is 424 g/mol. The molecule has 2 aromatic rings. The number of hydrogen-bond acceptors (Lipinski definition) is 3. The number of halogens is 4. The molecule has 3 nitrogen and oxygen atoms in total. The lowest BCUT2D eigenvalue weighted by Crippen LogP contribution is -2.27. The van der Waals surface area contributed by atoms with E-state index in [-0.39, 0.29) is 11.4 Å². The first-order valence-electron chi connectivity index (χ1n) is 7.00. The van der Waals surface area contributed by atoms with E-state index >= 15 is 0 Å². The molecule has 1 saturated heterocycles. The number of hydrogen-bond donors (Lipinski definition) is 0. The van der Waals surface area contributed by atoms with Gasteiger partial charge in [-0.1, -0.05) is 64.6 Å². The number of amides is 2. The van der Waals surface area contributed by atoms with Crippen LogP contribution in [0.3, 0.4) is 0 Å². The van der Waals surface area contributed by atoms with Crippen LogP contribution in [0, 0.1) is 0 Å². The van der Waals surface area contributed by atoms with E-state index in [2.05, 4.69) is 0 Å². The fourth-order valence-electron chi connectivity index (χ4n) is 2.25. The topological polar surface area (TPSA) is 37.4 Å². The van der Waals surface area contributed by atoms with Crippen LogP contribution in [0.1, 0.15) is 11.1 Å². The van der Waals surface area contributed by atoms with Gasteiger partial charge in [-0.25, -0.2) is 0 Å². The summed E-state index contributed by atoms with van der Waals surface area (Å²) in [5.41, 5.74) is 1.09. The number of imide groups is 1. The van der Waals surface area contributed by atoms with E-state index in [0.717, 1.165) is 16.7 Å². The molecule has 1 aliphatic rings. The van der Waals surface area contributed by atoms with Gasteiger partial charge in [-0.2, -0.15) is 0 Å². The van der Waals surface area contributed by atoms with Gasteiger partial charge in [-0.15, -0.1) is 0 Å². The summed E-state index contributed by atoms with van der Waals surface area (Å²) in [6, 6.07) is 10.1. The van der Waals surface area contributed by atoms with Crippen LogP contribution in [0.15, 0.2) is 41.3 Å². The molecule has 2 amide bonds. The van der Waals surface area contributed by atoms with Gasteiger partial charge in [0.05, 0.1) is 21.5 Å². The van der Waals surface area contributed by atoms with Crippen LogP contribution in [0.5, 0.6) is 0 Å². The number of rotatable bonds is 3. The number of nitrogens with zero attached hydrogens (tertiary/aromatic N) is 1. The Labute approximate surface area is 168 Å². The van der Waals surface area contributed by atoms with E-state index in [1.54, 1.807) is 42.5 Å². The van der Waals surface area contributed by atoms with Crippen LogP contribution >= 0.6 is 58.2 Å². The lowest BCUT2D eigenvalue weighted by Gasteiger charge is -2.14. The minimum absolute atomic E-state index is 0.00376. The molecule has 1 fully saturated rings. The predicted octanol–water partition coefficient (Wildman–Crippen LogP) is 6.54. The summed E-state index contributed by atoms with van der Waals surface area (Å²) in [7, 11) is 0. The fraction of sp³-hybridized carbons (Fsp3) is 0.0588. The highest BCUT2D eigenvalue weighted by Gasteiger charge is 2.35. The van der Waals surface area contributed by atoms with Crippen molar-refractivity contribution in [1.82, 2.24) is 4.90 Å². The molecule has 0 saturated carbocycles. The van der Waals surface area contributed by atoms with Crippen molar-refractivity contribution in [2.45, 2.75) is 6.54 Å². The first-order chi connectivity index (χ1) is 11.9. The van der Waals surface area contributed by atoms with Crippen molar-refractivity contribution in [3.63, 3.8) is 0 Å². The van der Waals surface area contributed by atoms with Gasteiger partial charge in [-0.05, 0) is 41.6 Å². The Morgan fingerprint density at radius 3 is 2.20 bits per heavy atom. The zero-order chi connectivity index (χ0) is 18.1. The van der Waals surface area contributed by atoms with Crippen molar-refractivity contribution >= 4 is 75.4 Å². The predicted molar refractivity (Wildman–Crippen MR) is 104 cm³/mol. The lowest BCUT2D eigenvalue weighted by molar-refractivity contribution is -0.123. The summed E-state index contributed by atoms with van der Waals surface area (Å²) < 4.78 is 0. The van der Waals surface area contributed by atoms with Crippen molar-refractivity contribution in [3.8, 4) is 0 Å². The quantitative estimate of drug-likeness (QED) is 0.517. The largest absolute Gasteiger partial charge is 0.293 e. The molecule has 1 heterocycles. The van der Waals surface area contributed by atoms with E-state index in [1.165, 1.54) is 0 Å². The molecule has 0 N–H and O–H groups in total. The second-order valence-electron chi connectivity index (χ2n) is 5.11. The smallest absolute Gasteiger partial charge is 0.268 e. The normalized spacial score (nSPS) is 16.2. The molecule has 0 unspecified atom stereocenters. The summed E-state index contributed by atoms with van der Waals surface area (Å²) >= 11 is 25.2. The second-order valence-corrected chi connectivity index (χ2v) is 7.70. The molecule has 0 aromatic heterocycles. The molecule has 1 aliphatic heterocycles. The van der Waals surface area contributed by atoms with E-state index in [1.807, 2.05) is 0 Å². The molecule has 2 aromatic carbocycles. The van der Waals surface area contributed by atoms with Crippen LogP contribution in [0.4, 0.5) is 4.79 Å². The molecule has 0 bridgehead atoms. The van der Waals surface area contributed by atoms with Gasteiger partial charge in [0.25, 0.3) is 11.1 Å². The average Bonchev–Trinajstić information content (AvgIpc) is 2.82. The zero-order valence-corrected chi connectivity index (χ0v) is 16.3. The maximum Gasteiger partial charge on any atom is 0.293 e. The third kappa shape index (κ3) is 3.83. The molecule has 3 rings (SSSR count). The summed E-state index contributed by atoms with van der Waals surface area (Å²) in [5, 5.41) is 1.09. The maximum atomic E-state index is 12.6. The van der Waals surface area contributed by atoms with Gasteiger partial charge in [0.15, 0.2) is 0 Å². The van der Waals surface area contributed by atoms with Gasteiger partial charge in [-0.3, -0.25) is 14.5 Å². The summed E-state index contributed by atoms with van der Waals surface area (Å²) in [6.45, 7) is 0.00376.